The molecule has 3 nitrogen and oxygen atoms in total. The molecule has 23 heavy (non-hydrogen) atoms. The molecule has 1 N–H and O–H groups in total. The molecule has 1 aliphatic carbocycles. The number of nitrogens with one attached hydrogen (secondary N) is 1. The van der Waals surface area contributed by atoms with E-state index in [4.69, 9.17) is 0 Å². The Balaban J connectivity index is 1.80. The summed E-state index contributed by atoms with van der Waals surface area (Å²) < 4.78 is 0. The first-order valence-electron chi connectivity index (χ1n) is 8.83. The number of aromatic nitrogens is 1. The van der Waals surface area contributed by atoms with Crippen LogP contribution < -0.4 is 0 Å². The third-order valence-corrected chi connectivity index (χ3v) is 6.15. The standard InChI is InChI=1S/C20H25N3/c1-3-7-20(8-9-21)11-16-15-5-4-6-17-19(15)14(12-22-17)10-18(16)23(2)13-20/h4-6,12,16,18,22H,3,7-8,10-11,13H2,1-2H3/t16?,18-,20+/m1/s1. The summed E-state index contributed by atoms with van der Waals surface area (Å²) in [7, 11) is 2.26. The maximum Gasteiger partial charge on any atom is 0.0628 e. The number of likely N-dealkylation sites (tertiary alicyclic amines) is 1. The van der Waals surface area contributed by atoms with Gasteiger partial charge in [0.05, 0.1) is 6.07 Å². The van der Waals surface area contributed by atoms with Crippen molar-refractivity contribution >= 4 is 10.9 Å². The van der Waals surface area contributed by atoms with Crippen molar-refractivity contribution in [3.05, 3.63) is 35.5 Å². The normalized spacial score (nSPS) is 30.1. The van der Waals surface area contributed by atoms with Gasteiger partial charge in [0, 0.05) is 42.0 Å². The zero-order chi connectivity index (χ0) is 16.0. The van der Waals surface area contributed by atoms with Crippen LogP contribution in [-0.2, 0) is 6.42 Å². The third-order valence-electron chi connectivity index (χ3n) is 6.15. The molecule has 2 aromatic rings. The van der Waals surface area contributed by atoms with Crippen LogP contribution in [-0.4, -0.2) is 29.5 Å². The average Bonchev–Trinajstić information content (AvgIpc) is 2.94. The second kappa shape index (κ2) is 5.39. The summed E-state index contributed by atoms with van der Waals surface area (Å²) in [5.41, 5.74) is 4.40. The topological polar surface area (TPSA) is 42.8 Å². The van der Waals surface area contributed by atoms with Gasteiger partial charge in [-0.1, -0.05) is 25.5 Å². The van der Waals surface area contributed by atoms with Crippen LogP contribution in [0.1, 0.15) is 49.7 Å². The number of fused-ring (bicyclic) bond motifs is 2. The van der Waals surface area contributed by atoms with E-state index in [0.29, 0.717) is 18.4 Å². The Kier molecular flexibility index (Phi) is 3.46. The van der Waals surface area contributed by atoms with Gasteiger partial charge in [-0.05, 0) is 48.9 Å². The van der Waals surface area contributed by atoms with Crippen molar-refractivity contribution in [3.8, 4) is 6.07 Å². The van der Waals surface area contributed by atoms with E-state index in [1.54, 1.807) is 0 Å². The summed E-state index contributed by atoms with van der Waals surface area (Å²) in [6, 6.07) is 9.75. The van der Waals surface area contributed by atoms with Crippen LogP contribution in [0.2, 0.25) is 0 Å². The van der Waals surface area contributed by atoms with Gasteiger partial charge in [-0.2, -0.15) is 5.26 Å². The molecule has 3 atom stereocenters. The van der Waals surface area contributed by atoms with Crippen molar-refractivity contribution in [1.82, 2.24) is 9.88 Å². The molecule has 4 rings (SSSR count). The number of hydrogen-bond donors (Lipinski definition) is 1. The lowest BCUT2D eigenvalue weighted by Crippen LogP contribution is -2.52. The number of hydrogen-bond acceptors (Lipinski definition) is 2. The van der Waals surface area contributed by atoms with Gasteiger partial charge in [-0.25, -0.2) is 0 Å². The van der Waals surface area contributed by atoms with Crippen LogP contribution in [0, 0.1) is 16.7 Å². The number of H-pyrrole nitrogens is 1. The Morgan fingerprint density at radius 3 is 3.09 bits per heavy atom. The van der Waals surface area contributed by atoms with E-state index < -0.39 is 0 Å². The molecule has 2 aliphatic rings. The smallest absolute Gasteiger partial charge is 0.0628 e. The average molecular weight is 307 g/mol. The van der Waals surface area contributed by atoms with Crippen LogP contribution in [0.3, 0.4) is 0 Å². The highest BCUT2D eigenvalue weighted by atomic mass is 15.2. The lowest BCUT2D eigenvalue weighted by molar-refractivity contribution is 0.0375. The van der Waals surface area contributed by atoms with E-state index in [1.807, 2.05) is 0 Å². The molecule has 0 bridgehead atoms. The van der Waals surface area contributed by atoms with Crippen molar-refractivity contribution in [3.63, 3.8) is 0 Å². The van der Waals surface area contributed by atoms with Gasteiger partial charge in [-0.3, -0.25) is 0 Å². The molecule has 1 aromatic carbocycles. The maximum atomic E-state index is 9.40. The second-order valence-electron chi connectivity index (χ2n) is 7.67. The summed E-state index contributed by atoms with van der Waals surface area (Å²) in [4.78, 5) is 5.98. The molecule has 1 fully saturated rings. The SMILES string of the molecule is CCC[C@]1(CC#N)CC2c3cccc4[nH]cc(c34)C[C@H]2N(C)C1. The molecule has 0 amide bonds. The Morgan fingerprint density at radius 2 is 2.30 bits per heavy atom. The minimum Gasteiger partial charge on any atom is -0.361 e. The largest absolute Gasteiger partial charge is 0.361 e. The number of aromatic amines is 1. The predicted octanol–water partition coefficient (Wildman–Crippen LogP) is 4.21. The van der Waals surface area contributed by atoms with E-state index in [0.717, 1.165) is 32.2 Å². The van der Waals surface area contributed by atoms with Gasteiger partial charge in [0.15, 0.2) is 0 Å². The third kappa shape index (κ3) is 2.20. The minimum atomic E-state index is 0.162. The Hall–Kier alpha value is -1.79. The Labute approximate surface area is 138 Å². The first-order valence-corrected chi connectivity index (χ1v) is 8.83. The van der Waals surface area contributed by atoms with Gasteiger partial charge in [0.2, 0.25) is 0 Å². The highest BCUT2D eigenvalue weighted by molar-refractivity contribution is 5.88. The molecule has 1 unspecified atom stereocenters. The van der Waals surface area contributed by atoms with Gasteiger partial charge in [0.1, 0.15) is 0 Å². The molecule has 1 aromatic heterocycles. The number of likely N-dealkylation sites (N-methyl/N-ethyl adjacent to an activating group) is 1. The quantitative estimate of drug-likeness (QED) is 0.923. The molecular weight excluding hydrogens is 282 g/mol. The Bertz CT molecular complexity index is 769. The van der Waals surface area contributed by atoms with Crippen LogP contribution in [0.25, 0.3) is 10.9 Å². The zero-order valence-electron chi connectivity index (χ0n) is 14.1. The van der Waals surface area contributed by atoms with Crippen LogP contribution >= 0.6 is 0 Å². The van der Waals surface area contributed by atoms with Crippen molar-refractivity contribution in [2.45, 2.75) is 51.0 Å². The summed E-state index contributed by atoms with van der Waals surface area (Å²) in [6.45, 7) is 3.31. The molecule has 2 heterocycles. The van der Waals surface area contributed by atoms with Crippen molar-refractivity contribution in [1.29, 1.82) is 5.26 Å². The molecule has 0 radical (unpaired) electrons. The highest BCUT2D eigenvalue weighted by Crippen LogP contribution is 2.50. The monoisotopic (exact) mass is 307 g/mol. The number of rotatable bonds is 3. The van der Waals surface area contributed by atoms with Crippen molar-refractivity contribution in [2.24, 2.45) is 5.41 Å². The number of nitrogens with zero attached hydrogens (tertiary/aromatic N) is 2. The summed E-state index contributed by atoms with van der Waals surface area (Å²) in [5.74, 6) is 0.556. The van der Waals surface area contributed by atoms with E-state index in [1.165, 1.54) is 22.0 Å². The van der Waals surface area contributed by atoms with Gasteiger partial charge in [-0.15, -0.1) is 0 Å². The molecule has 1 aliphatic heterocycles. The Morgan fingerprint density at radius 1 is 1.43 bits per heavy atom. The predicted molar refractivity (Wildman–Crippen MR) is 93.3 cm³/mol. The summed E-state index contributed by atoms with van der Waals surface area (Å²) >= 11 is 0. The lowest BCUT2D eigenvalue weighted by Gasteiger charge is -2.51. The van der Waals surface area contributed by atoms with Crippen LogP contribution in [0.15, 0.2) is 24.4 Å². The molecular formula is C20H25N3. The van der Waals surface area contributed by atoms with Crippen molar-refractivity contribution in [2.75, 3.05) is 13.6 Å². The van der Waals surface area contributed by atoms with Crippen LogP contribution in [0.5, 0.6) is 0 Å². The van der Waals surface area contributed by atoms with Gasteiger partial charge < -0.3 is 9.88 Å². The fourth-order valence-electron chi connectivity index (χ4n) is 5.31. The molecule has 120 valence electrons. The fourth-order valence-corrected chi connectivity index (χ4v) is 5.31. The van der Waals surface area contributed by atoms with E-state index >= 15 is 0 Å². The lowest BCUT2D eigenvalue weighted by atomic mass is 9.64. The maximum absolute atomic E-state index is 9.40. The number of benzene rings is 1. The van der Waals surface area contributed by atoms with Gasteiger partial charge in [0.25, 0.3) is 0 Å². The highest BCUT2D eigenvalue weighted by Gasteiger charge is 2.45. The van der Waals surface area contributed by atoms with Gasteiger partial charge >= 0.3 is 0 Å². The first-order chi connectivity index (χ1) is 11.2. The molecule has 1 saturated heterocycles. The second-order valence-corrected chi connectivity index (χ2v) is 7.67. The minimum absolute atomic E-state index is 0.162. The number of nitriles is 1. The van der Waals surface area contributed by atoms with E-state index in [-0.39, 0.29) is 5.41 Å². The van der Waals surface area contributed by atoms with Crippen LogP contribution in [0.4, 0.5) is 0 Å². The fraction of sp³-hybridized carbons (Fsp3) is 0.550. The molecule has 3 heteroatoms. The summed E-state index contributed by atoms with van der Waals surface area (Å²) in [6.07, 6.45) is 7.49. The van der Waals surface area contributed by atoms with Crippen molar-refractivity contribution < 1.29 is 0 Å². The molecule has 0 spiro atoms. The van der Waals surface area contributed by atoms with E-state index in [2.05, 4.69) is 54.3 Å². The zero-order valence-corrected chi connectivity index (χ0v) is 14.1. The molecule has 0 saturated carbocycles. The number of piperidine rings is 1. The summed E-state index contributed by atoms with van der Waals surface area (Å²) in [5, 5.41) is 10.8. The van der Waals surface area contributed by atoms with E-state index in [9.17, 15) is 5.26 Å². The first kappa shape index (κ1) is 14.8.